The number of hydrogen-bond donors (Lipinski definition) is 1. The highest BCUT2D eigenvalue weighted by atomic mass is 16.6. The summed E-state index contributed by atoms with van der Waals surface area (Å²) in [5.74, 6) is -0.592. The molecule has 26 heavy (non-hydrogen) atoms. The first kappa shape index (κ1) is 16.0. The summed E-state index contributed by atoms with van der Waals surface area (Å²) in [5, 5.41) is 14.3. The van der Waals surface area contributed by atoms with E-state index in [-0.39, 0.29) is 23.9 Å². The maximum absolute atomic E-state index is 12.4. The smallest absolute Gasteiger partial charge is 0.269 e. The molecule has 0 bridgehead atoms. The van der Waals surface area contributed by atoms with Crippen LogP contribution in [-0.4, -0.2) is 21.3 Å². The zero-order valence-corrected chi connectivity index (χ0v) is 13.7. The van der Waals surface area contributed by atoms with Crippen LogP contribution in [-0.2, 0) is 9.59 Å². The molecule has 2 aromatic carbocycles. The van der Waals surface area contributed by atoms with Crippen molar-refractivity contribution in [2.45, 2.75) is 18.9 Å². The first-order valence-corrected chi connectivity index (χ1v) is 8.23. The molecule has 0 saturated carbocycles. The third-order valence-corrected chi connectivity index (χ3v) is 4.64. The number of aromatic nitrogens is 1. The Kier molecular flexibility index (Phi) is 3.76. The van der Waals surface area contributed by atoms with E-state index in [2.05, 4.69) is 5.32 Å². The highest BCUT2D eigenvalue weighted by molar-refractivity contribution is 6.01. The molecule has 1 aliphatic rings. The van der Waals surface area contributed by atoms with Crippen molar-refractivity contribution in [2.24, 2.45) is 0 Å². The number of benzene rings is 2. The standard InChI is InChI=1S/C19H15N3O4/c23-18-10-9-16(19(24)20-18)21-15-4-2-1-3-13(15)11-17(21)12-5-7-14(8-6-12)22(25)26/h1-8,11,16H,9-10H2,(H,20,23,24). The van der Waals surface area contributed by atoms with Gasteiger partial charge in [0.25, 0.3) is 5.69 Å². The molecule has 2 heterocycles. The summed E-state index contributed by atoms with van der Waals surface area (Å²) in [6, 6.07) is 15.4. The molecule has 1 atom stereocenters. The van der Waals surface area contributed by atoms with Crippen molar-refractivity contribution in [3.63, 3.8) is 0 Å². The number of piperidine rings is 1. The molecule has 130 valence electrons. The monoisotopic (exact) mass is 349 g/mol. The van der Waals surface area contributed by atoms with Gasteiger partial charge in [-0.25, -0.2) is 0 Å². The van der Waals surface area contributed by atoms with Crippen LogP contribution in [0.25, 0.3) is 22.2 Å². The molecule has 0 aliphatic carbocycles. The molecule has 7 nitrogen and oxygen atoms in total. The fourth-order valence-corrected chi connectivity index (χ4v) is 3.42. The number of para-hydroxylation sites is 1. The van der Waals surface area contributed by atoms with Gasteiger partial charge in [-0.15, -0.1) is 0 Å². The molecule has 7 heteroatoms. The number of carbonyl (C=O) groups is 2. The van der Waals surface area contributed by atoms with Crippen LogP contribution in [0.4, 0.5) is 5.69 Å². The lowest BCUT2D eigenvalue weighted by Gasteiger charge is -2.25. The Bertz CT molecular complexity index is 1040. The number of nitro benzene ring substituents is 1. The highest BCUT2D eigenvalue weighted by Gasteiger charge is 2.30. The minimum atomic E-state index is -0.502. The lowest BCUT2D eigenvalue weighted by Crippen LogP contribution is -2.41. The second-order valence-electron chi connectivity index (χ2n) is 6.23. The van der Waals surface area contributed by atoms with E-state index in [1.54, 1.807) is 12.1 Å². The SMILES string of the molecule is O=C1CCC(n2c(-c3ccc([N+](=O)[O-])cc3)cc3ccccc32)C(=O)N1. The largest absolute Gasteiger partial charge is 0.328 e. The van der Waals surface area contributed by atoms with Gasteiger partial charge in [-0.05, 0) is 36.2 Å². The summed E-state index contributed by atoms with van der Waals surface area (Å²) >= 11 is 0. The third kappa shape index (κ3) is 2.63. The predicted molar refractivity (Wildman–Crippen MR) is 95.4 cm³/mol. The van der Waals surface area contributed by atoms with Crippen molar-refractivity contribution in [1.29, 1.82) is 0 Å². The van der Waals surface area contributed by atoms with Gasteiger partial charge in [0.05, 0.1) is 4.92 Å². The summed E-state index contributed by atoms with van der Waals surface area (Å²) in [7, 11) is 0. The number of nitro groups is 1. The summed E-state index contributed by atoms with van der Waals surface area (Å²) in [6.07, 6.45) is 0.700. The van der Waals surface area contributed by atoms with E-state index in [0.717, 1.165) is 22.2 Å². The molecule has 4 rings (SSSR count). The number of fused-ring (bicyclic) bond motifs is 1. The van der Waals surface area contributed by atoms with Crippen LogP contribution < -0.4 is 5.32 Å². The van der Waals surface area contributed by atoms with Crippen LogP contribution in [0.5, 0.6) is 0 Å². The number of nitrogens with one attached hydrogen (secondary N) is 1. The van der Waals surface area contributed by atoms with Crippen LogP contribution in [0.15, 0.2) is 54.6 Å². The summed E-state index contributed by atoms with van der Waals surface area (Å²) in [6.45, 7) is 0. The van der Waals surface area contributed by atoms with E-state index in [0.29, 0.717) is 6.42 Å². The Hall–Kier alpha value is -3.48. The van der Waals surface area contributed by atoms with E-state index in [4.69, 9.17) is 0 Å². The Morgan fingerprint density at radius 2 is 1.81 bits per heavy atom. The van der Waals surface area contributed by atoms with Gasteiger partial charge in [0.2, 0.25) is 11.8 Å². The second kappa shape index (κ2) is 6.11. The number of carbonyl (C=O) groups excluding carboxylic acids is 2. The highest BCUT2D eigenvalue weighted by Crippen LogP contribution is 2.34. The van der Waals surface area contributed by atoms with Crippen molar-refractivity contribution < 1.29 is 14.5 Å². The molecule has 0 spiro atoms. The molecule has 0 radical (unpaired) electrons. The number of non-ortho nitro benzene ring substituents is 1. The van der Waals surface area contributed by atoms with Gasteiger partial charge in [0, 0.05) is 35.2 Å². The molecule has 1 aromatic heterocycles. The number of imide groups is 1. The van der Waals surface area contributed by atoms with Crippen molar-refractivity contribution in [2.75, 3.05) is 0 Å². The zero-order chi connectivity index (χ0) is 18.3. The molecule has 1 unspecified atom stereocenters. The first-order chi connectivity index (χ1) is 12.5. The van der Waals surface area contributed by atoms with Gasteiger partial charge in [-0.3, -0.25) is 25.0 Å². The fraction of sp³-hybridized carbons (Fsp3) is 0.158. The maximum Gasteiger partial charge on any atom is 0.269 e. The van der Waals surface area contributed by atoms with Crippen molar-refractivity contribution in [3.8, 4) is 11.3 Å². The summed E-state index contributed by atoms with van der Waals surface area (Å²) in [5.41, 5.74) is 2.46. The molecule has 1 aliphatic heterocycles. The summed E-state index contributed by atoms with van der Waals surface area (Å²) < 4.78 is 1.91. The number of hydrogen-bond acceptors (Lipinski definition) is 4. The average molecular weight is 349 g/mol. The Balaban J connectivity index is 1.88. The Morgan fingerprint density at radius 1 is 1.08 bits per heavy atom. The minimum Gasteiger partial charge on any atom is -0.328 e. The molecule has 1 fully saturated rings. The van der Waals surface area contributed by atoms with Crippen molar-refractivity contribution in [3.05, 3.63) is 64.7 Å². The van der Waals surface area contributed by atoms with E-state index < -0.39 is 11.0 Å². The number of rotatable bonds is 3. The fourth-order valence-electron chi connectivity index (χ4n) is 3.42. The van der Waals surface area contributed by atoms with Gasteiger partial charge < -0.3 is 4.57 Å². The molecule has 1 saturated heterocycles. The van der Waals surface area contributed by atoms with E-state index in [1.165, 1.54) is 12.1 Å². The molecular formula is C19H15N3O4. The van der Waals surface area contributed by atoms with E-state index >= 15 is 0 Å². The zero-order valence-electron chi connectivity index (χ0n) is 13.7. The van der Waals surface area contributed by atoms with Crippen molar-refractivity contribution >= 4 is 28.4 Å². The lowest BCUT2D eigenvalue weighted by molar-refractivity contribution is -0.384. The van der Waals surface area contributed by atoms with Crippen LogP contribution in [0.2, 0.25) is 0 Å². The first-order valence-electron chi connectivity index (χ1n) is 8.23. The van der Waals surface area contributed by atoms with E-state index in [9.17, 15) is 19.7 Å². The van der Waals surface area contributed by atoms with Crippen LogP contribution in [0, 0.1) is 10.1 Å². The summed E-state index contributed by atoms with van der Waals surface area (Å²) in [4.78, 5) is 34.4. The number of amides is 2. The normalized spacial score (nSPS) is 17.3. The minimum absolute atomic E-state index is 0.0115. The number of nitrogens with zero attached hydrogens (tertiary/aromatic N) is 2. The van der Waals surface area contributed by atoms with Gasteiger partial charge in [0.15, 0.2) is 0 Å². The van der Waals surface area contributed by atoms with Gasteiger partial charge >= 0.3 is 0 Å². The van der Waals surface area contributed by atoms with Crippen LogP contribution >= 0.6 is 0 Å². The Labute approximate surface area is 148 Å². The maximum atomic E-state index is 12.4. The predicted octanol–water partition coefficient (Wildman–Crippen LogP) is 3.19. The van der Waals surface area contributed by atoms with E-state index in [1.807, 2.05) is 34.9 Å². The molecule has 1 N–H and O–H groups in total. The Morgan fingerprint density at radius 3 is 2.50 bits per heavy atom. The van der Waals surface area contributed by atoms with Crippen LogP contribution in [0.3, 0.4) is 0 Å². The topological polar surface area (TPSA) is 94.2 Å². The van der Waals surface area contributed by atoms with Gasteiger partial charge in [-0.1, -0.05) is 18.2 Å². The van der Waals surface area contributed by atoms with Gasteiger partial charge in [-0.2, -0.15) is 0 Å². The van der Waals surface area contributed by atoms with Gasteiger partial charge in [0.1, 0.15) is 6.04 Å². The molecule has 3 aromatic rings. The average Bonchev–Trinajstić information content (AvgIpc) is 3.01. The van der Waals surface area contributed by atoms with Crippen LogP contribution in [0.1, 0.15) is 18.9 Å². The molecule has 2 amide bonds. The lowest BCUT2D eigenvalue weighted by atomic mass is 10.0. The quantitative estimate of drug-likeness (QED) is 0.446. The van der Waals surface area contributed by atoms with Crippen molar-refractivity contribution in [1.82, 2.24) is 9.88 Å². The third-order valence-electron chi connectivity index (χ3n) is 4.64. The molecular weight excluding hydrogens is 334 g/mol. The second-order valence-corrected chi connectivity index (χ2v) is 6.23.